The van der Waals surface area contributed by atoms with Crippen LogP contribution in [0.1, 0.15) is 35.5 Å². The molecule has 152 valence electrons. The van der Waals surface area contributed by atoms with Crippen LogP contribution < -0.4 is 9.47 Å². The third-order valence-corrected chi connectivity index (χ3v) is 5.84. The Bertz CT molecular complexity index is 788. The third kappa shape index (κ3) is 5.40. The van der Waals surface area contributed by atoms with Crippen molar-refractivity contribution in [2.75, 3.05) is 39.4 Å². The van der Waals surface area contributed by atoms with Crippen LogP contribution >= 0.6 is 22.9 Å². The first-order valence-corrected chi connectivity index (χ1v) is 11.0. The summed E-state index contributed by atoms with van der Waals surface area (Å²) in [5.74, 6) is 1.37. The highest BCUT2D eigenvalue weighted by atomic mass is 35.5. The number of hydrogen-bond donors (Lipinski definition) is 0. The average molecular weight is 423 g/mol. The van der Waals surface area contributed by atoms with Crippen molar-refractivity contribution in [2.45, 2.75) is 26.8 Å². The molecule has 1 aliphatic rings. The van der Waals surface area contributed by atoms with E-state index in [2.05, 4.69) is 17.9 Å². The Morgan fingerprint density at radius 1 is 1.07 bits per heavy atom. The molecule has 3 rings (SSSR count). The number of halogens is 1. The summed E-state index contributed by atoms with van der Waals surface area (Å²) in [6.45, 7) is 9.19. The number of carbonyl (C=O) groups is 1. The number of hydrogen-bond acceptors (Lipinski definition) is 5. The SMILES string of the molecule is CCCOc1ccc(C(=O)N2CCN(Cc3ccc(Cl)s3)CC2)cc1OCC. The predicted octanol–water partition coefficient (Wildman–Crippen LogP) is 4.55. The summed E-state index contributed by atoms with van der Waals surface area (Å²) in [6.07, 6.45) is 0.925. The second kappa shape index (κ2) is 10.1. The standard InChI is InChI=1S/C21H27ClN2O3S/c1-3-13-27-18-7-5-16(14-19(18)26-4-2)21(25)24-11-9-23(10-12-24)15-17-6-8-20(22)28-17/h5-8,14H,3-4,9-13,15H2,1-2H3. The van der Waals surface area contributed by atoms with Crippen molar-refractivity contribution in [3.8, 4) is 11.5 Å². The van der Waals surface area contributed by atoms with Gasteiger partial charge in [-0.05, 0) is 43.7 Å². The molecule has 2 aromatic rings. The third-order valence-electron chi connectivity index (χ3n) is 4.62. The summed E-state index contributed by atoms with van der Waals surface area (Å²) < 4.78 is 12.2. The highest BCUT2D eigenvalue weighted by Gasteiger charge is 2.23. The van der Waals surface area contributed by atoms with Crippen LogP contribution in [0.5, 0.6) is 11.5 Å². The fourth-order valence-electron chi connectivity index (χ4n) is 3.19. The fraction of sp³-hybridized carbons (Fsp3) is 0.476. The van der Waals surface area contributed by atoms with E-state index in [0.717, 1.165) is 43.5 Å². The van der Waals surface area contributed by atoms with Crippen LogP contribution in [0.3, 0.4) is 0 Å². The molecule has 0 aliphatic carbocycles. The topological polar surface area (TPSA) is 42.0 Å². The van der Waals surface area contributed by atoms with E-state index in [1.807, 2.05) is 30.0 Å². The lowest BCUT2D eigenvalue weighted by Gasteiger charge is -2.34. The Morgan fingerprint density at radius 2 is 1.86 bits per heavy atom. The zero-order valence-electron chi connectivity index (χ0n) is 16.4. The first-order valence-electron chi connectivity index (χ1n) is 9.76. The van der Waals surface area contributed by atoms with Gasteiger partial charge in [0.05, 0.1) is 17.6 Å². The minimum absolute atomic E-state index is 0.0433. The Balaban J connectivity index is 1.60. The van der Waals surface area contributed by atoms with Crippen LogP contribution in [0.2, 0.25) is 4.34 Å². The number of nitrogens with zero attached hydrogens (tertiary/aromatic N) is 2. The molecule has 5 nitrogen and oxygen atoms in total. The molecule has 2 heterocycles. The molecule has 1 aromatic heterocycles. The lowest BCUT2D eigenvalue weighted by Crippen LogP contribution is -2.48. The van der Waals surface area contributed by atoms with Crippen LogP contribution in [0.15, 0.2) is 30.3 Å². The van der Waals surface area contributed by atoms with Gasteiger partial charge in [0.15, 0.2) is 11.5 Å². The minimum Gasteiger partial charge on any atom is -0.490 e. The van der Waals surface area contributed by atoms with Crippen molar-refractivity contribution in [3.05, 3.63) is 45.1 Å². The molecular weight excluding hydrogens is 396 g/mol. The second-order valence-electron chi connectivity index (χ2n) is 6.72. The molecule has 1 amide bonds. The zero-order chi connectivity index (χ0) is 19.9. The molecular formula is C21H27ClN2O3S. The first kappa shape index (κ1) is 21.0. The summed E-state index contributed by atoms with van der Waals surface area (Å²) in [5, 5.41) is 0. The van der Waals surface area contributed by atoms with E-state index >= 15 is 0 Å². The number of thiophene rings is 1. The van der Waals surface area contributed by atoms with Crippen molar-refractivity contribution in [1.82, 2.24) is 9.80 Å². The predicted molar refractivity (Wildman–Crippen MR) is 114 cm³/mol. The summed E-state index contributed by atoms with van der Waals surface area (Å²) in [6, 6.07) is 9.48. The van der Waals surface area contributed by atoms with E-state index in [1.54, 1.807) is 17.4 Å². The normalized spacial score (nSPS) is 14.9. The smallest absolute Gasteiger partial charge is 0.254 e. The van der Waals surface area contributed by atoms with Crippen molar-refractivity contribution >= 4 is 28.8 Å². The maximum atomic E-state index is 12.9. The van der Waals surface area contributed by atoms with Gasteiger partial charge in [-0.1, -0.05) is 18.5 Å². The van der Waals surface area contributed by atoms with Gasteiger partial charge in [0.1, 0.15) is 0 Å². The van der Waals surface area contributed by atoms with Gasteiger partial charge in [0.25, 0.3) is 5.91 Å². The van der Waals surface area contributed by atoms with Gasteiger partial charge in [-0.2, -0.15) is 0 Å². The Labute approximate surface area is 175 Å². The molecule has 0 spiro atoms. The molecule has 1 fully saturated rings. The first-order chi connectivity index (χ1) is 13.6. The maximum Gasteiger partial charge on any atom is 0.254 e. The van der Waals surface area contributed by atoms with Crippen molar-refractivity contribution < 1.29 is 14.3 Å². The van der Waals surface area contributed by atoms with E-state index in [0.29, 0.717) is 30.3 Å². The summed E-state index contributed by atoms with van der Waals surface area (Å²) in [4.78, 5) is 18.5. The maximum absolute atomic E-state index is 12.9. The summed E-state index contributed by atoms with van der Waals surface area (Å²) >= 11 is 7.63. The molecule has 28 heavy (non-hydrogen) atoms. The monoisotopic (exact) mass is 422 g/mol. The van der Waals surface area contributed by atoms with Crippen LogP contribution in [0.25, 0.3) is 0 Å². The lowest BCUT2D eigenvalue weighted by molar-refractivity contribution is 0.0629. The molecule has 0 unspecified atom stereocenters. The van der Waals surface area contributed by atoms with E-state index in [1.165, 1.54) is 4.88 Å². The molecule has 1 aromatic carbocycles. The molecule has 0 N–H and O–H groups in total. The van der Waals surface area contributed by atoms with Crippen LogP contribution in [-0.4, -0.2) is 55.1 Å². The Hall–Kier alpha value is -1.76. The molecule has 0 saturated carbocycles. The van der Waals surface area contributed by atoms with Crippen LogP contribution in [-0.2, 0) is 6.54 Å². The minimum atomic E-state index is 0.0433. The molecule has 0 radical (unpaired) electrons. The number of ether oxygens (including phenoxy) is 2. The molecule has 1 saturated heterocycles. The Morgan fingerprint density at radius 3 is 2.50 bits per heavy atom. The zero-order valence-corrected chi connectivity index (χ0v) is 18.0. The number of rotatable bonds is 8. The molecule has 7 heteroatoms. The van der Waals surface area contributed by atoms with Crippen molar-refractivity contribution in [3.63, 3.8) is 0 Å². The van der Waals surface area contributed by atoms with E-state index in [9.17, 15) is 4.79 Å². The molecule has 0 bridgehead atoms. The molecule has 1 aliphatic heterocycles. The molecule has 0 atom stereocenters. The van der Waals surface area contributed by atoms with Crippen LogP contribution in [0.4, 0.5) is 0 Å². The van der Waals surface area contributed by atoms with Crippen molar-refractivity contribution in [1.29, 1.82) is 0 Å². The van der Waals surface area contributed by atoms with E-state index < -0.39 is 0 Å². The number of amides is 1. The van der Waals surface area contributed by atoms with Gasteiger partial charge in [-0.3, -0.25) is 9.69 Å². The second-order valence-corrected chi connectivity index (χ2v) is 8.52. The summed E-state index contributed by atoms with van der Waals surface area (Å²) in [5.41, 5.74) is 0.644. The highest BCUT2D eigenvalue weighted by molar-refractivity contribution is 7.16. The largest absolute Gasteiger partial charge is 0.490 e. The number of benzene rings is 1. The quantitative estimate of drug-likeness (QED) is 0.626. The Kier molecular flexibility index (Phi) is 7.59. The van der Waals surface area contributed by atoms with Crippen LogP contribution in [0, 0.1) is 0 Å². The van der Waals surface area contributed by atoms with E-state index in [-0.39, 0.29) is 5.91 Å². The van der Waals surface area contributed by atoms with Gasteiger partial charge in [-0.25, -0.2) is 0 Å². The fourth-order valence-corrected chi connectivity index (χ4v) is 4.32. The lowest BCUT2D eigenvalue weighted by atomic mass is 10.1. The van der Waals surface area contributed by atoms with Gasteiger partial charge in [-0.15, -0.1) is 11.3 Å². The number of piperazine rings is 1. The number of carbonyl (C=O) groups excluding carboxylic acids is 1. The van der Waals surface area contributed by atoms with Gasteiger partial charge in [0.2, 0.25) is 0 Å². The highest BCUT2D eigenvalue weighted by Crippen LogP contribution is 2.29. The van der Waals surface area contributed by atoms with Gasteiger partial charge < -0.3 is 14.4 Å². The van der Waals surface area contributed by atoms with E-state index in [4.69, 9.17) is 21.1 Å². The van der Waals surface area contributed by atoms with Gasteiger partial charge >= 0.3 is 0 Å². The van der Waals surface area contributed by atoms with Crippen molar-refractivity contribution in [2.24, 2.45) is 0 Å². The summed E-state index contributed by atoms with van der Waals surface area (Å²) in [7, 11) is 0. The average Bonchev–Trinajstić information content (AvgIpc) is 3.12. The van der Waals surface area contributed by atoms with Gasteiger partial charge in [0, 0.05) is 43.2 Å².